The van der Waals surface area contributed by atoms with Gasteiger partial charge in [0.1, 0.15) is 22.9 Å². The van der Waals surface area contributed by atoms with Crippen molar-refractivity contribution in [3.8, 4) is 5.75 Å². The topological polar surface area (TPSA) is 93.4 Å². The number of ether oxygens (including phenoxy) is 1. The number of carboxylic acids is 1. The van der Waals surface area contributed by atoms with Crippen LogP contribution in [-0.4, -0.2) is 48.6 Å². The summed E-state index contributed by atoms with van der Waals surface area (Å²) in [4.78, 5) is 19.4. The molecule has 3 heterocycles. The van der Waals surface area contributed by atoms with Gasteiger partial charge in [-0.15, -0.1) is 5.10 Å². The van der Waals surface area contributed by atoms with Gasteiger partial charge in [-0.25, -0.2) is 4.68 Å². The van der Waals surface area contributed by atoms with Gasteiger partial charge in [0.2, 0.25) is 0 Å². The van der Waals surface area contributed by atoms with Crippen molar-refractivity contribution >= 4 is 28.6 Å². The third kappa shape index (κ3) is 5.08. The van der Waals surface area contributed by atoms with Gasteiger partial charge in [-0.2, -0.15) is 0 Å². The highest BCUT2D eigenvalue weighted by Crippen LogP contribution is 2.40. The van der Waals surface area contributed by atoms with E-state index < -0.39 is 5.97 Å². The van der Waals surface area contributed by atoms with Crippen molar-refractivity contribution in [3.05, 3.63) is 80.6 Å². The summed E-state index contributed by atoms with van der Waals surface area (Å²) in [6, 6.07) is 10.4. The molecule has 0 fully saturated rings. The van der Waals surface area contributed by atoms with Gasteiger partial charge in [0.25, 0.3) is 0 Å². The van der Waals surface area contributed by atoms with Crippen molar-refractivity contribution in [2.24, 2.45) is 7.05 Å². The van der Waals surface area contributed by atoms with Crippen LogP contribution in [0.1, 0.15) is 84.1 Å². The minimum absolute atomic E-state index is 0.0374. The first-order valence-corrected chi connectivity index (χ1v) is 14.8. The lowest BCUT2D eigenvalue weighted by molar-refractivity contribution is -0.137. The number of pyridine rings is 1. The van der Waals surface area contributed by atoms with E-state index in [-0.39, 0.29) is 24.5 Å². The van der Waals surface area contributed by atoms with Gasteiger partial charge in [0, 0.05) is 32.3 Å². The van der Waals surface area contributed by atoms with Gasteiger partial charge < -0.3 is 9.84 Å². The number of benzene rings is 2. The number of rotatable bonds is 7. The van der Waals surface area contributed by atoms with Crippen LogP contribution >= 0.6 is 11.6 Å². The number of fused-ring (bicyclic) bond motifs is 3. The van der Waals surface area contributed by atoms with Crippen LogP contribution in [0.25, 0.3) is 11.0 Å². The highest BCUT2D eigenvalue weighted by Gasteiger charge is 2.31. The molecule has 1 aliphatic carbocycles. The minimum Gasteiger partial charge on any atom is -0.487 e. The first-order chi connectivity index (χ1) is 19.7. The van der Waals surface area contributed by atoms with Crippen molar-refractivity contribution in [2.75, 3.05) is 6.54 Å². The third-order valence-electron chi connectivity index (χ3n) is 8.91. The van der Waals surface area contributed by atoms with E-state index in [0.717, 1.165) is 72.4 Å². The second-order valence-electron chi connectivity index (χ2n) is 11.4. The van der Waals surface area contributed by atoms with Crippen molar-refractivity contribution < 1.29 is 14.6 Å². The van der Waals surface area contributed by atoms with Gasteiger partial charge in [-0.1, -0.05) is 35.9 Å². The van der Waals surface area contributed by atoms with E-state index in [1.54, 1.807) is 4.68 Å². The molecule has 4 aromatic rings. The summed E-state index contributed by atoms with van der Waals surface area (Å²) in [5, 5.41) is 19.1. The molecule has 1 N–H and O–H groups in total. The average molecular weight is 574 g/mol. The number of nitrogens with zero attached hydrogens (tertiary/aromatic N) is 5. The van der Waals surface area contributed by atoms with Crippen molar-refractivity contribution in [1.82, 2.24) is 24.9 Å². The molecule has 1 aliphatic heterocycles. The lowest BCUT2D eigenvalue weighted by atomic mass is 9.83. The normalized spacial score (nSPS) is 19.4. The number of carboxylic acid groups (broad SMARTS) is 1. The lowest BCUT2D eigenvalue weighted by Crippen LogP contribution is -2.34. The number of hydrogen-bond acceptors (Lipinski definition) is 6. The zero-order chi connectivity index (χ0) is 28.8. The molecule has 8 nitrogen and oxygen atoms in total. The molecule has 41 heavy (non-hydrogen) atoms. The molecule has 0 saturated heterocycles. The van der Waals surface area contributed by atoms with Gasteiger partial charge in [-0.05, 0) is 91.1 Å². The number of halogens is 1. The van der Waals surface area contributed by atoms with E-state index in [9.17, 15) is 9.90 Å². The van der Waals surface area contributed by atoms with E-state index in [2.05, 4.69) is 41.2 Å². The summed E-state index contributed by atoms with van der Waals surface area (Å²) >= 11 is 6.73. The van der Waals surface area contributed by atoms with Crippen LogP contribution in [0.5, 0.6) is 5.75 Å². The maximum Gasteiger partial charge on any atom is 0.304 e. The van der Waals surface area contributed by atoms with Gasteiger partial charge in [0.05, 0.1) is 23.2 Å². The number of aryl methyl sites for hydroxylation is 3. The van der Waals surface area contributed by atoms with Gasteiger partial charge >= 0.3 is 5.97 Å². The summed E-state index contributed by atoms with van der Waals surface area (Å²) in [5.74, 6) is -0.350. The van der Waals surface area contributed by atoms with Crippen molar-refractivity contribution in [3.63, 3.8) is 0 Å². The first kappa shape index (κ1) is 27.7. The molecule has 0 unspecified atom stereocenters. The van der Waals surface area contributed by atoms with Gasteiger partial charge in [0.15, 0.2) is 0 Å². The molecular formula is C32H36ClN5O3. The Labute approximate surface area is 245 Å². The Morgan fingerprint density at radius 3 is 2.88 bits per heavy atom. The monoisotopic (exact) mass is 573 g/mol. The number of aromatic nitrogens is 4. The second-order valence-corrected chi connectivity index (χ2v) is 11.9. The molecule has 0 saturated carbocycles. The van der Waals surface area contributed by atoms with Crippen LogP contribution in [0.15, 0.2) is 36.5 Å². The standard InChI is InChI=1S/C32H36ClN5O3/c1-5-23-17-38(19(3)31-28(41-23)10-7-11-34-31)16-22-13-21(12-20-8-6-9-24(20)22)26(15-29(39)40)25-14-27(33)32-30(18(25)2)35-36-37(32)4/h7,10-14,19,23,26H,5-6,8-9,15-17H2,1-4H3,(H,39,40)/t19-,23+,26-/m0/s1. The van der Waals surface area contributed by atoms with Gasteiger partial charge in [-0.3, -0.25) is 14.7 Å². The predicted molar refractivity (Wildman–Crippen MR) is 159 cm³/mol. The summed E-state index contributed by atoms with van der Waals surface area (Å²) in [6.07, 6.45) is 5.91. The molecule has 2 aromatic carbocycles. The molecule has 2 aliphatic rings. The zero-order valence-corrected chi connectivity index (χ0v) is 24.8. The first-order valence-electron chi connectivity index (χ1n) is 14.5. The van der Waals surface area contributed by atoms with Crippen LogP contribution in [0, 0.1) is 6.92 Å². The molecule has 0 radical (unpaired) electrons. The molecule has 0 amide bonds. The van der Waals surface area contributed by atoms with Crippen LogP contribution in [0.3, 0.4) is 0 Å². The quantitative estimate of drug-likeness (QED) is 0.283. The molecule has 3 atom stereocenters. The number of hydrogen-bond donors (Lipinski definition) is 1. The van der Waals surface area contributed by atoms with Crippen LogP contribution < -0.4 is 4.74 Å². The van der Waals surface area contributed by atoms with E-state index >= 15 is 0 Å². The maximum atomic E-state index is 12.2. The lowest BCUT2D eigenvalue weighted by Gasteiger charge is -2.30. The van der Waals surface area contributed by atoms with E-state index in [0.29, 0.717) is 10.5 Å². The highest BCUT2D eigenvalue weighted by atomic mass is 35.5. The van der Waals surface area contributed by atoms with E-state index in [1.807, 2.05) is 38.4 Å². The molecule has 214 valence electrons. The predicted octanol–water partition coefficient (Wildman–Crippen LogP) is 6.15. The highest BCUT2D eigenvalue weighted by molar-refractivity contribution is 6.35. The van der Waals surface area contributed by atoms with Crippen LogP contribution in [0.4, 0.5) is 0 Å². The summed E-state index contributed by atoms with van der Waals surface area (Å²) in [5.41, 5.74) is 9.21. The molecule has 0 bridgehead atoms. The summed E-state index contributed by atoms with van der Waals surface area (Å²) in [7, 11) is 1.81. The largest absolute Gasteiger partial charge is 0.487 e. The average Bonchev–Trinajstić information content (AvgIpc) is 3.56. The Kier molecular flexibility index (Phi) is 7.47. The Morgan fingerprint density at radius 1 is 1.27 bits per heavy atom. The number of carbonyl (C=O) groups is 1. The SMILES string of the molecule is CC[C@@H]1CN(Cc2cc([C@H](CC(=O)O)c3cc(Cl)c4c(nnn4C)c3C)cc3c2CCC3)[C@@H](C)c2ncccc2O1. The Balaban J connectivity index is 1.44. The molecular weight excluding hydrogens is 538 g/mol. The Hall–Kier alpha value is -3.49. The van der Waals surface area contributed by atoms with Crippen LogP contribution in [0.2, 0.25) is 5.02 Å². The summed E-state index contributed by atoms with van der Waals surface area (Å²) in [6.45, 7) is 7.89. The molecule has 0 spiro atoms. The maximum absolute atomic E-state index is 12.2. The van der Waals surface area contributed by atoms with E-state index in [4.69, 9.17) is 21.3 Å². The third-order valence-corrected chi connectivity index (χ3v) is 9.20. The zero-order valence-electron chi connectivity index (χ0n) is 24.0. The van der Waals surface area contributed by atoms with E-state index in [1.165, 1.54) is 16.7 Å². The van der Waals surface area contributed by atoms with Crippen molar-refractivity contribution in [2.45, 2.75) is 77.5 Å². The Bertz CT molecular complexity index is 1630. The molecule has 2 aromatic heterocycles. The van der Waals surface area contributed by atoms with Crippen molar-refractivity contribution in [1.29, 1.82) is 0 Å². The molecule has 6 rings (SSSR count). The fraction of sp³-hybridized carbons (Fsp3) is 0.438. The molecule has 9 heteroatoms. The fourth-order valence-electron chi connectivity index (χ4n) is 6.70. The smallest absolute Gasteiger partial charge is 0.304 e. The number of aliphatic carboxylic acids is 1. The fourth-order valence-corrected chi connectivity index (χ4v) is 7.03. The minimum atomic E-state index is -0.849. The van der Waals surface area contributed by atoms with Crippen LogP contribution in [-0.2, 0) is 31.2 Å². The Morgan fingerprint density at radius 2 is 2.10 bits per heavy atom. The second kappa shape index (κ2) is 11.1. The summed E-state index contributed by atoms with van der Waals surface area (Å²) < 4.78 is 8.03.